The fraction of sp³-hybridized carbons (Fsp3) is 0. The lowest BCUT2D eigenvalue weighted by Gasteiger charge is -2.19. The summed E-state index contributed by atoms with van der Waals surface area (Å²) in [6.07, 6.45) is 0. The molecule has 0 atom stereocenters. The summed E-state index contributed by atoms with van der Waals surface area (Å²) >= 11 is 0. The predicted molar refractivity (Wildman–Crippen MR) is 495 cm³/mol. The van der Waals surface area contributed by atoms with Gasteiger partial charge < -0.3 is 19.9 Å². The third-order valence-electron chi connectivity index (χ3n) is 27.1. The first-order valence-corrected chi connectivity index (χ1v) is 40.4. The highest BCUT2D eigenvalue weighted by atomic mass is 14.7. The largest absolute Gasteiger partial charge is 0.355 e. The lowest BCUT2D eigenvalue weighted by Crippen LogP contribution is -1.92. The molecule has 0 saturated carbocycles. The third kappa shape index (κ3) is 8.20. The van der Waals surface area contributed by atoms with Gasteiger partial charge >= 0.3 is 0 Å². The summed E-state index contributed by atoms with van der Waals surface area (Å²) in [6.45, 7) is 0. The molecule has 24 aromatic carbocycles. The molecular weight excluding hydrogens is 1400 g/mol. The van der Waals surface area contributed by atoms with E-state index in [4.69, 9.17) is 0 Å². The molecule has 0 unspecified atom stereocenters. The van der Waals surface area contributed by atoms with Crippen LogP contribution in [0.1, 0.15) is 0 Å². The monoisotopic (exact) mass is 1460 g/mol. The number of nitrogens with one attached hydrogen (secondary N) is 4. The number of benzene rings is 24. The summed E-state index contributed by atoms with van der Waals surface area (Å²) < 4.78 is 0. The van der Waals surface area contributed by atoms with E-state index in [0.29, 0.717) is 0 Å². The average molecular weight is 1460 g/mol. The molecule has 0 fully saturated rings. The number of aromatic amines is 4. The van der Waals surface area contributed by atoms with Gasteiger partial charge in [0, 0.05) is 90.1 Å². The molecule has 4 heterocycles. The summed E-state index contributed by atoms with van der Waals surface area (Å²) in [5.41, 5.74) is 20.9. The van der Waals surface area contributed by atoms with Gasteiger partial charge in [-0.25, -0.2) is 0 Å². The first-order chi connectivity index (χ1) is 57.5. The highest BCUT2D eigenvalue weighted by molar-refractivity contribution is 6.35. The smallest absolute Gasteiger partial charge is 0.0465 e. The van der Waals surface area contributed by atoms with Crippen LogP contribution in [0.15, 0.2) is 352 Å². The molecule has 0 amide bonds. The topological polar surface area (TPSA) is 63.2 Å². The molecule has 4 aromatic heterocycles. The normalized spacial score (nSPS) is 12.7. The molecule has 0 radical (unpaired) electrons. The standard InChI is InChI=1S/C112H62N4/c1-3-59-7-9-63-13-33-75(85-43-21-61(5-1)101(59)103(63)85)93-51-53-97(113-93)79-37-17-69-29-49-91-81(39-19-71-27-47-89(79)109(69)111(71)91)99-57-55-95(115-99)77-35-15-67-23-41-83-73(31-11-65-25-45-87(77)107(67)105(65)83)74-32-12-66-26-46-88-78(36-16-68-24-42-84(74)106(66)108(68)88)96-56-58-100(116-96)82-40-20-72-28-48-90-80(38-18-70-30-50-92(82)112(72)110(70)90)98-54-52-94(114-98)76-34-14-64-10-8-60-4-2-6-62-22-44-86(76)104(64)102(60)62/h1-58,113-116H. The Hall–Kier alpha value is -15.4. The van der Waals surface area contributed by atoms with Crippen molar-refractivity contribution >= 4 is 194 Å². The Morgan fingerprint density at radius 2 is 0.216 bits per heavy atom. The molecule has 0 aliphatic rings. The highest BCUT2D eigenvalue weighted by Crippen LogP contribution is 2.52. The molecule has 0 saturated heterocycles. The van der Waals surface area contributed by atoms with Crippen LogP contribution in [0.5, 0.6) is 0 Å². The van der Waals surface area contributed by atoms with Gasteiger partial charge in [-0.15, -0.1) is 0 Å². The zero-order chi connectivity index (χ0) is 75.0. The quantitative estimate of drug-likeness (QED) is 0.104. The van der Waals surface area contributed by atoms with Crippen molar-refractivity contribution in [3.63, 3.8) is 0 Å². The molecule has 28 aromatic rings. The zero-order valence-electron chi connectivity index (χ0n) is 62.5. The molecule has 0 aliphatic heterocycles. The molecule has 28 rings (SSSR count). The minimum atomic E-state index is 1.10. The third-order valence-corrected chi connectivity index (χ3v) is 27.1. The SMILES string of the molecule is c1cc2ccc3ccc(-c4ccc(-c5ccc6ccc7c(-c8ccc(-c9ccc%10ccc%11c(-c%12ccc%13ccc%14c(-c%15ccc(-c%16ccc%17ccc%18c(-c%19ccc(-c%20ccc%21ccc%22cccc%23ccc%20c%21c%22%23)[nH]%19)ccc%19ccc%16c%17c%19%18)[nH]%15)ccc%15ccc%12c%13c%15%14)ccc%12ccc9c%10c%12%11)[nH]8)ccc8ccc5c6c87)[nH]4)c4ccc(c1)c2c34. The van der Waals surface area contributed by atoms with Gasteiger partial charge in [0.1, 0.15) is 0 Å². The van der Waals surface area contributed by atoms with Gasteiger partial charge in [0.2, 0.25) is 0 Å². The molecule has 4 nitrogen and oxygen atoms in total. The maximum absolute atomic E-state index is 4.01. The Kier molecular flexibility index (Phi) is 11.8. The number of H-pyrrole nitrogens is 4. The van der Waals surface area contributed by atoms with Gasteiger partial charge in [0.25, 0.3) is 0 Å². The van der Waals surface area contributed by atoms with Gasteiger partial charge in [-0.3, -0.25) is 0 Å². The van der Waals surface area contributed by atoms with Crippen LogP contribution in [0.3, 0.4) is 0 Å². The second kappa shape index (κ2) is 22.3. The minimum Gasteiger partial charge on any atom is -0.355 e. The van der Waals surface area contributed by atoms with Crippen molar-refractivity contribution in [1.82, 2.24) is 19.9 Å². The van der Waals surface area contributed by atoms with E-state index in [1.165, 1.54) is 250 Å². The highest BCUT2D eigenvalue weighted by Gasteiger charge is 2.25. The maximum Gasteiger partial charge on any atom is 0.0465 e. The molecule has 116 heavy (non-hydrogen) atoms. The Balaban J connectivity index is 0.508. The van der Waals surface area contributed by atoms with Crippen LogP contribution in [0.4, 0.5) is 0 Å². The van der Waals surface area contributed by atoms with Gasteiger partial charge in [0.05, 0.1) is 0 Å². The van der Waals surface area contributed by atoms with E-state index >= 15 is 0 Å². The van der Waals surface area contributed by atoms with Crippen molar-refractivity contribution in [2.24, 2.45) is 0 Å². The second-order valence-electron chi connectivity index (χ2n) is 32.7. The molecule has 4 heteroatoms. The first-order valence-electron chi connectivity index (χ1n) is 40.4. The van der Waals surface area contributed by atoms with E-state index in [2.05, 4.69) is 372 Å². The zero-order valence-corrected chi connectivity index (χ0v) is 62.5. The van der Waals surface area contributed by atoms with E-state index in [0.717, 1.165) is 45.6 Å². The lowest BCUT2D eigenvalue weighted by atomic mass is 9.85. The maximum atomic E-state index is 4.01. The van der Waals surface area contributed by atoms with Gasteiger partial charge in [-0.05, 0) is 254 Å². The number of hydrogen-bond donors (Lipinski definition) is 4. The van der Waals surface area contributed by atoms with E-state index in [9.17, 15) is 0 Å². The molecular formula is C112H62N4. The van der Waals surface area contributed by atoms with E-state index in [1.54, 1.807) is 0 Å². The van der Waals surface area contributed by atoms with Crippen molar-refractivity contribution in [3.05, 3.63) is 352 Å². The second-order valence-corrected chi connectivity index (χ2v) is 32.7. The molecule has 0 spiro atoms. The first kappa shape index (κ1) is 61.3. The minimum absolute atomic E-state index is 1.10. The predicted octanol–water partition coefficient (Wildman–Crippen LogP) is 31.4. The molecule has 0 aliphatic carbocycles. The van der Waals surface area contributed by atoms with Gasteiger partial charge in [0.15, 0.2) is 0 Å². The van der Waals surface area contributed by atoms with Crippen LogP contribution >= 0.6 is 0 Å². The molecule has 530 valence electrons. The number of aromatic nitrogens is 4. The number of rotatable bonds is 9. The van der Waals surface area contributed by atoms with Crippen molar-refractivity contribution < 1.29 is 0 Å². The van der Waals surface area contributed by atoms with Crippen LogP contribution < -0.4 is 0 Å². The van der Waals surface area contributed by atoms with Gasteiger partial charge in [-0.1, -0.05) is 303 Å². The molecule has 4 N–H and O–H groups in total. The summed E-state index contributed by atoms with van der Waals surface area (Å²) in [6, 6.07) is 133. The van der Waals surface area contributed by atoms with Crippen molar-refractivity contribution in [1.29, 1.82) is 0 Å². The lowest BCUT2D eigenvalue weighted by molar-refractivity contribution is 1.41. The fourth-order valence-electron chi connectivity index (χ4n) is 21.9. The van der Waals surface area contributed by atoms with Crippen LogP contribution in [-0.2, 0) is 0 Å². The summed E-state index contributed by atoms with van der Waals surface area (Å²) in [5, 5.41) is 45.8. The van der Waals surface area contributed by atoms with Crippen molar-refractivity contribution in [3.8, 4) is 101 Å². The van der Waals surface area contributed by atoms with E-state index in [-0.39, 0.29) is 0 Å². The summed E-state index contributed by atoms with van der Waals surface area (Å²) in [7, 11) is 0. The molecule has 0 bridgehead atoms. The summed E-state index contributed by atoms with van der Waals surface area (Å²) in [4.78, 5) is 15.9. The Bertz CT molecular complexity index is 8550. The Labute approximate surface area is 662 Å². The summed E-state index contributed by atoms with van der Waals surface area (Å²) in [5.74, 6) is 0. The van der Waals surface area contributed by atoms with Crippen LogP contribution in [0.25, 0.3) is 295 Å². The van der Waals surface area contributed by atoms with E-state index < -0.39 is 0 Å². The van der Waals surface area contributed by atoms with E-state index in [1.807, 2.05) is 0 Å². The Morgan fingerprint density at radius 1 is 0.0948 bits per heavy atom. The van der Waals surface area contributed by atoms with Crippen molar-refractivity contribution in [2.45, 2.75) is 0 Å². The van der Waals surface area contributed by atoms with Gasteiger partial charge in [-0.2, -0.15) is 0 Å². The van der Waals surface area contributed by atoms with Crippen LogP contribution in [0, 0.1) is 0 Å². The van der Waals surface area contributed by atoms with Crippen LogP contribution in [-0.4, -0.2) is 19.9 Å². The fourth-order valence-corrected chi connectivity index (χ4v) is 21.9. The number of hydrogen-bond acceptors (Lipinski definition) is 0. The van der Waals surface area contributed by atoms with Crippen LogP contribution in [0.2, 0.25) is 0 Å². The van der Waals surface area contributed by atoms with Crippen molar-refractivity contribution in [2.75, 3.05) is 0 Å². The average Bonchev–Trinajstić information content (AvgIpc) is 0.893. The Morgan fingerprint density at radius 3 is 0.388 bits per heavy atom.